The predicted molar refractivity (Wildman–Crippen MR) is 93.9 cm³/mol. The average Bonchev–Trinajstić information content (AvgIpc) is 2.49. The molecule has 2 aromatic rings. The van der Waals surface area contributed by atoms with Crippen molar-refractivity contribution < 1.29 is 9.72 Å². The molecule has 0 fully saturated rings. The van der Waals surface area contributed by atoms with Gasteiger partial charge in [-0.25, -0.2) is 4.98 Å². The van der Waals surface area contributed by atoms with E-state index in [1.807, 2.05) is 26.0 Å². The van der Waals surface area contributed by atoms with Crippen LogP contribution in [-0.4, -0.2) is 21.6 Å². The zero-order chi connectivity index (χ0) is 17.0. The van der Waals surface area contributed by atoms with Crippen LogP contribution in [0.15, 0.2) is 40.0 Å². The van der Waals surface area contributed by atoms with Crippen molar-refractivity contribution in [2.45, 2.75) is 18.9 Å². The number of halogens is 1. The third-order valence-corrected chi connectivity index (χ3v) is 4.45. The first-order valence-electron chi connectivity index (χ1n) is 6.66. The van der Waals surface area contributed by atoms with E-state index in [1.54, 1.807) is 0 Å². The van der Waals surface area contributed by atoms with Gasteiger partial charge in [0, 0.05) is 16.2 Å². The number of aromatic nitrogens is 1. The lowest BCUT2D eigenvalue weighted by Crippen LogP contribution is -2.15. The monoisotopic (exact) mass is 395 g/mol. The molecule has 0 bridgehead atoms. The SMILES string of the molecule is Cc1cc(Br)cc(C)c1NC(=O)CSc1ccc([N+](=O)[O-])cn1. The lowest BCUT2D eigenvalue weighted by Gasteiger charge is -2.12. The van der Waals surface area contributed by atoms with Gasteiger partial charge >= 0.3 is 0 Å². The Balaban J connectivity index is 1.96. The fourth-order valence-electron chi connectivity index (χ4n) is 1.99. The summed E-state index contributed by atoms with van der Waals surface area (Å²) >= 11 is 4.65. The van der Waals surface area contributed by atoms with Crippen molar-refractivity contribution in [1.82, 2.24) is 4.98 Å². The average molecular weight is 396 g/mol. The van der Waals surface area contributed by atoms with Crippen LogP contribution in [0.4, 0.5) is 11.4 Å². The number of nitro groups is 1. The summed E-state index contributed by atoms with van der Waals surface area (Å²) in [5.74, 6) is 0.0309. The number of hydrogen-bond donors (Lipinski definition) is 1. The minimum absolute atomic E-state index is 0.0695. The quantitative estimate of drug-likeness (QED) is 0.467. The number of amides is 1. The van der Waals surface area contributed by atoms with Crippen LogP contribution in [-0.2, 0) is 4.79 Å². The molecule has 0 unspecified atom stereocenters. The molecule has 6 nitrogen and oxygen atoms in total. The van der Waals surface area contributed by atoms with Crippen LogP contribution in [0.2, 0.25) is 0 Å². The Morgan fingerprint density at radius 3 is 2.52 bits per heavy atom. The molecule has 0 saturated heterocycles. The number of rotatable bonds is 5. The highest BCUT2D eigenvalue weighted by atomic mass is 79.9. The zero-order valence-corrected chi connectivity index (χ0v) is 14.9. The normalized spacial score (nSPS) is 10.4. The second-order valence-electron chi connectivity index (χ2n) is 4.86. The maximum absolute atomic E-state index is 12.1. The summed E-state index contributed by atoms with van der Waals surface area (Å²) in [4.78, 5) is 26.1. The molecule has 0 spiro atoms. The number of carbonyl (C=O) groups excluding carboxylic acids is 1. The van der Waals surface area contributed by atoms with E-state index in [0.29, 0.717) is 5.03 Å². The van der Waals surface area contributed by atoms with Crippen LogP contribution < -0.4 is 5.32 Å². The number of nitrogens with zero attached hydrogens (tertiary/aromatic N) is 2. The first kappa shape index (κ1) is 17.4. The van der Waals surface area contributed by atoms with Crippen LogP contribution in [0.3, 0.4) is 0 Å². The molecule has 0 aliphatic rings. The van der Waals surface area contributed by atoms with Gasteiger partial charge < -0.3 is 5.32 Å². The highest BCUT2D eigenvalue weighted by Crippen LogP contribution is 2.25. The van der Waals surface area contributed by atoms with Gasteiger partial charge in [-0.15, -0.1) is 0 Å². The summed E-state index contributed by atoms with van der Waals surface area (Å²) in [6.07, 6.45) is 1.18. The minimum atomic E-state index is -0.507. The maximum atomic E-state index is 12.1. The van der Waals surface area contributed by atoms with Gasteiger partial charge in [-0.05, 0) is 43.2 Å². The number of hydrogen-bond acceptors (Lipinski definition) is 5. The van der Waals surface area contributed by atoms with Crippen molar-refractivity contribution in [3.63, 3.8) is 0 Å². The number of anilines is 1. The zero-order valence-electron chi connectivity index (χ0n) is 12.5. The third-order valence-electron chi connectivity index (χ3n) is 3.04. The second-order valence-corrected chi connectivity index (χ2v) is 6.77. The summed E-state index contributed by atoms with van der Waals surface area (Å²) in [7, 11) is 0. The van der Waals surface area contributed by atoms with E-state index < -0.39 is 4.92 Å². The maximum Gasteiger partial charge on any atom is 0.287 e. The van der Waals surface area contributed by atoms with Gasteiger partial charge in [-0.1, -0.05) is 27.7 Å². The molecule has 1 amide bonds. The number of pyridine rings is 1. The van der Waals surface area contributed by atoms with E-state index >= 15 is 0 Å². The molecule has 8 heteroatoms. The van der Waals surface area contributed by atoms with E-state index in [4.69, 9.17) is 0 Å². The van der Waals surface area contributed by atoms with E-state index in [2.05, 4.69) is 26.2 Å². The topological polar surface area (TPSA) is 85.1 Å². The number of benzene rings is 1. The number of nitrogens with one attached hydrogen (secondary N) is 1. The molecule has 1 N–H and O–H groups in total. The van der Waals surface area contributed by atoms with E-state index in [-0.39, 0.29) is 17.3 Å². The summed E-state index contributed by atoms with van der Waals surface area (Å²) in [5, 5.41) is 14.0. The molecule has 23 heavy (non-hydrogen) atoms. The summed E-state index contributed by atoms with van der Waals surface area (Å²) in [6.45, 7) is 3.86. The Labute approximate surface area is 146 Å². The molecule has 1 aromatic carbocycles. The molecule has 120 valence electrons. The van der Waals surface area contributed by atoms with Gasteiger partial charge in [-0.3, -0.25) is 14.9 Å². The van der Waals surface area contributed by atoms with Crippen molar-refractivity contribution in [2.24, 2.45) is 0 Å². The number of aryl methyl sites for hydroxylation is 2. The fourth-order valence-corrected chi connectivity index (χ4v) is 3.32. The van der Waals surface area contributed by atoms with Crippen molar-refractivity contribution >= 4 is 45.0 Å². The summed E-state index contributed by atoms with van der Waals surface area (Å²) < 4.78 is 0.968. The van der Waals surface area contributed by atoms with Crippen molar-refractivity contribution in [2.75, 3.05) is 11.1 Å². The molecule has 0 atom stereocenters. The summed E-state index contributed by atoms with van der Waals surface area (Å²) in [5.41, 5.74) is 2.68. The van der Waals surface area contributed by atoms with E-state index in [9.17, 15) is 14.9 Å². The minimum Gasteiger partial charge on any atom is -0.325 e. The van der Waals surface area contributed by atoms with Gasteiger partial charge in [0.05, 0.1) is 15.7 Å². The Kier molecular flexibility index (Phi) is 5.73. The standard InChI is InChI=1S/C15H14BrN3O3S/c1-9-5-11(16)6-10(2)15(9)18-13(20)8-23-14-4-3-12(7-17-14)19(21)22/h3-7H,8H2,1-2H3,(H,18,20). The Bertz CT molecular complexity index is 727. The second kappa shape index (κ2) is 7.56. The van der Waals surface area contributed by atoms with Crippen LogP contribution in [0, 0.1) is 24.0 Å². The Morgan fingerprint density at radius 1 is 1.35 bits per heavy atom. The molecule has 0 aliphatic heterocycles. The fraction of sp³-hybridized carbons (Fsp3) is 0.200. The van der Waals surface area contributed by atoms with Crippen molar-refractivity contribution in [3.05, 3.63) is 56.2 Å². The number of thioether (sulfide) groups is 1. The lowest BCUT2D eigenvalue weighted by molar-refractivity contribution is -0.385. The van der Waals surface area contributed by atoms with Gasteiger partial charge in [0.15, 0.2) is 0 Å². The van der Waals surface area contributed by atoms with E-state index in [1.165, 1.54) is 30.1 Å². The van der Waals surface area contributed by atoms with Gasteiger partial charge in [0.1, 0.15) is 6.20 Å². The lowest BCUT2D eigenvalue weighted by atomic mass is 10.1. The van der Waals surface area contributed by atoms with Crippen LogP contribution in [0.1, 0.15) is 11.1 Å². The van der Waals surface area contributed by atoms with Crippen LogP contribution in [0.25, 0.3) is 0 Å². The molecule has 0 radical (unpaired) electrons. The molecule has 0 aliphatic carbocycles. The first-order chi connectivity index (χ1) is 10.9. The van der Waals surface area contributed by atoms with Gasteiger partial charge in [-0.2, -0.15) is 0 Å². The molecule has 1 heterocycles. The first-order valence-corrected chi connectivity index (χ1v) is 8.44. The highest BCUT2D eigenvalue weighted by molar-refractivity contribution is 9.10. The summed E-state index contributed by atoms with van der Waals surface area (Å²) in [6, 6.07) is 6.78. The smallest absolute Gasteiger partial charge is 0.287 e. The van der Waals surface area contributed by atoms with Gasteiger partial charge in [0.2, 0.25) is 5.91 Å². The van der Waals surface area contributed by atoms with Crippen molar-refractivity contribution in [1.29, 1.82) is 0 Å². The van der Waals surface area contributed by atoms with E-state index in [0.717, 1.165) is 21.3 Å². The molecule has 1 aromatic heterocycles. The number of carbonyl (C=O) groups is 1. The highest BCUT2D eigenvalue weighted by Gasteiger charge is 2.10. The third kappa shape index (κ3) is 4.77. The largest absolute Gasteiger partial charge is 0.325 e. The van der Waals surface area contributed by atoms with Gasteiger partial charge in [0.25, 0.3) is 5.69 Å². The molecular formula is C15H14BrN3O3S. The molecule has 2 rings (SSSR count). The van der Waals surface area contributed by atoms with Crippen LogP contribution >= 0.6 is 27.7 Å². The van der Waals surface area contributed by atoms with Crippen molar-refractivity contribution in [3.8, 4) is 0 Å². The predicted octanol–water partition coefficient (Wildman–Crippen LogP) is 4.10. The Hall–Kier alpha value is -1.93. The molecule has 0 saturated carbocycles. The van der Waals surface area contributed by atoms with Crippen LogP contribution in [0.5, 0.6) is 0 Å². The Morgan fingerprint density at radius 2 is 2.00 bits per heavy atom. The molecular weight excluding hydrogens is 382 g/mol.